The lowest BCUT2D eigenvalue weighted by Crippen LogP contribution is -2.11. The van der Waals surface area contributed by atoms with Crippen molar-refractivity contribution in [2.75, 3.05) is 13.7 Å². The molecule has 0 spiro atoms. The smallest absolute Gasteiger partial charge is 0.293 e. The van der Waals surface area contributed by atoms with Crippen LogP contribution in [0.2, 0.25) is 0 Å². The molecule has 92 valence electrons. The maximum Gasteiger partial charge on any atom is 0.293 e. The van der Waals surface area contributed by atoms with Crippen molar-refractivity contribution in [3.8, 4) is 22.8 Å². The Morgan fingerprint density at radius 3 is 3.17 bits per heavy atom. The van der Waals surface area contributed by atoms with Crippen LogP contribution >= 0.6 is 0 Å². The molecule has 0 amide bonds. The third kappa shape index (κ3) is 1.55. The lowest BCUT2D eigenvalue weighted by molar-refractivity contribution is 0.357. The van der Waals surface area contributed by atoms with E-state index in [1.54, 1.807) is 0 Å². The van der Waals surface area contributed by atoms with Crippen molar-refractivity contribution >= 4 is 0 Å². The normalized spacial score (nSPS) is 12.9. The fraction of sp³-hybridized carbons (Fsp3) is 0.231. The summed E-state index contributed by atoms with van der Waals surface area (Å²) in [5.41, 5.74) is 2.16. The number of ether oxygens (including phenoxy) is 2. The van der Waals surface area contributed by atoms with Gasteiger partial charge >= 0.3 is 0 Å². The van der Waals surface area contributed by atoms with Crippen LogP contribution in [0.1, 0.15) is 5.56 Å². The first-order chi connectivity index (χ1) is 8.81. The number of nitrogens with one attached hydrogen (secondary N) is 1. The van der Waals surface area contributed by atoms with E-state index in [0.29, 0.717) is 12.3 Å². The Kier molecular flexibility index (Phi) is 2.51. The van der Waals surface area contributed by atoms with E-state index in [-0.39, 0.29) is 11.3 Å². The van der Waals surface area contributed by atoms with Crippen molar-refractivity contribution in [3.63, 3.8) is 0 Å². The zero-order valence-electron chi connectivity index (χ0n) is 9.90. The third-order valence-corrected chi connectivity index (χ3v) is 2.98. The standard InChI is InChI=1S/C13H12N2O3/c1-17-12-10(14-7-15-13(12)16)9-4-2-3-8-5-6-18-11(8)9/h2-4,7H,5-6H2,1H3,(H,14,15,16). The molecular formula is C13H12N2O3. The molecule has 2 heterocycles. The molecule has 1 aromatic heterocycles. The molecule has 2 aromatic rings. The molecule has 1 N–H and O–H groups in total. The summed E-state index contributed by atoms with van der Waals surface area (Å²) < 4.78 is 10.7. The topological polar surface area (TPSA) is 64.2 Å². The van der Waals surface area contributed by atoms with Gasteiger partial charge in [0, 0.05) is 12.0 Å². The number of benzene rings is 1. The van der Waals surface area contributed by atoms with Crippen LogP contribution in [0, 0.1) is 0 Å². The zero-order valence-corrected chi connectivity index (χ0v) is 9.90. The third-order valence-electron chi connectivity index (χ3n) is 2.98. The Bertz CT molecular complexity index is 649. The molecule has 0 fully saturated rings. The van der Waals surface area contributed by atoms with Gasteiger partial charge in [-0.3, -0.25) is 4.79 Å². The predicted molar refractivity (Wildman–Crippen MR) is 66.0 cm³/mol. The monoisotopic (exact) mass is 244 g/mol. The van der Waals surface area contributed by atoms with Crippen molar-refractivity contribution in [3.05, 3.63) is 40.4 Å². The number of hydrogen-bond donors (Lipinski definition) is 1. The average molecular weight is 244 g/mol. The summed E-state index contributed by atoms with van der Waals surface area (Å²) >= 11 is 0. The summed E-state index contributed by atoms with van der Waals surface area (Å²) in [6.07, 6.45) is 2.25. The van der Waals surface area contributed by atoms with Crippen LogP contribution in [-0.4, -0.2) is 23.7 Å². The Morgan fingerprint density at radius 2 is 2.33 bits per heavy atom. The van der Waals surface area contributed by atoms with Crippen LogP contribution in [0.3, 0.4) is 0 Å². The number of methoxy groups -OCH3 is 1. The number of H-pyrrole nitrogens is 1. The van der Waals surface area contributed by atoms with Gasteiger partial charge in [0.05, 0.1) is 20.0 Å². The number of para-hydroxylation sites is 1. The highest BCUT2D eigenvalue weighted by atomic mass is 16.5. The number of aromatic nitrogens is 2. The average Bonchev–Trinajstić information content (AvgIpc) is 2.86. The maximum absolute atomic E-state index is 11.7. The van der Waals surface area contributed by atoms with Crippen molar-refractivity contribution in [1.82, 2.24) is 9.97 Å². The molecule has 0 saturated carbocycles. The Labute approximate surface area is 103 Å². The molecule has 1 aromatic carbocycles. The zero-order chi connectivity index (χ0) is 12.5. The van der Waals surface area contributed by atoms with E-state index in [1.807, 2.05) is 18.2 Å². The van der Waals surface area contributed by atoms with Gasteiger partial charge in [0.15, 0.2) is 0 Å². The highest BCUT2D eigenvalue weighted by Crippen LogP contribution is 2.38. The molecule has 1 aliphatic heterocycles. The minimum atomic E-state index is -0.293. The number of aromatic amines is 1. The molecule has 0 radical (unpaired) electrons. The minimum Gasteiger partial charge on any atom is -0.492 e. The van der Waals surface area contributed by atoms with Crippen LogP contribution < -0.4 is 15.0 Å². The predicted octanol–water partition coefficient (Wildman–Crippen LogP) is 1.38. The molecule has 0 aliphatic carbocycles. The second-order valence-electron chi connectivity index (χ2n) is 4.01. The van der Waals surface area contributed by atoms with Gasteiger partial charge in [-0.1, -0.05) is 12.1 Å². The second-order valence-corrected chi connectivity index (χ2v) is 4.01. The summed E-state index contributed by atoms with van der Waals surface area (Å²) in [5.74, 6) is 1.01. The Balaban J connectivity index is 2.25. The van der Waals surface area contributed by atoms with E-state index in [2.05, 4.69) is 9.97 Å². The van der Waals surface area contributed by atoms with Crippen LogP contribution in [0.5, 0.6) is 11.5 Å². The van der Waals surface area contributed by atoms with Gasteiger partial charge in [0.1, 0.15) is 11.4 Å². The lowest BCUT2D eigenvalue weighted by atomic mass is 10.1. The first-order valence-electron chi connectivity index (χ1n) is 5.68. The first kappa shape index (κ1) is 10.8. The number of nitrogens with zero attached hydrogens (tertiary/aromatic N) is 1. The fourth-order valence-electron chi connectivity index (χ4n) is 2.17. The number of rotatable bonds is 2. The van der Waals surface area contributed by atoms with Gasteiger partial charge in [-0.2, -0.15) is 0 Å². The van der Waals surface area contributed by atoms with E-state index in [9.17, 15) is 4.79 Å². The minimum absolute atomic E-state index is 0.210. The fourth-order valence-corrected chi connectivity index (χ4v) is 2.17. The van der Waals surface area contributed by atoms with E-state index < -0.39 is 0 Å². The van der Waals surface area contributed by atoms with Crippen molar-refractivity contribution in [2.45, 2.75) is 6.42 Å². The molecular weight excluding hydrogens is 232 g/mol. The quantitative estimate of drug-likeness (QED) is 0.866. The molecule has 3 rings (SSSR count). The molecule has 18 heavy (non-hydrogen) atoms. The van der Waals surface area contributed by atoms with E-state index >= 15 is 0 Å². The van der Waals surface area contributed by atoms with Gasteiger partial charge in [0.25, 0.3) is 5.56 Å². The number of hydrogen-bond acceptors (Lipinski definition) is 4. The van der Waals surface area contributed by atoms with Gasteiger partial charge in [-0.25, -0.2) is 4.98 Å². The first-order valence-corrected chi connectivity index (χ1v) is 5.68. The summed E-state index contributed by atoms with van der Waals surface area (Å²) in [6, 6.07) is 5.84. The molecule has 0 atom stereocenters. The number of fused-ring (bicyclic) bond motifs is 1. The summed E-state index contributed by atoms with van der Waals surface area (Å²) in [4.78, 5) is 18.4. The summed E-state index contributed by atoms with van der Waals surface area (Å²) in [5, 5.41) is 0. The van der Waals surface area contributed by atoms with Gasteiger partial charge in [-0.05, 0) is 11.6 Å². The highest BCUT2D eigenvalue weighted by Gasteiger charge is 2.21. The molecule has 5 nitrogen and oxygen atoms in total. The highest BCUT2D eigenvalue weighted by molar-refractivity contribution is 5.74. The largest absolute Gasteiger partial charge is 0.492 e. The Hall–Kier alpha value is -2.30. The summed E-state index contributed by atoms with van der Waals surface area (Å²) in [6.45, 7) is 0.665. The van der Waals surface area contributed by atoms with Crippen LogP contribution in [0.4, 0.5) is 0 Å². The van der Waals surface area contributed by atoms with Crippen molar-refractivity contribution in [1.29, 1.82) is 0 Å². The molecule has 0 unspecified atom stereocenters. The van der Waals surface area contributed by atoms with E-state index in [0.717, 1.165) is 23.3 Å². The van der Waals surface area contributed by atoms with Crippen molar-refractivity contribution < 1.29 is 9.47 Å². The SMILES string of the molecule is COc1c(-c2cccc3c2OCC3)nc[nH]c1=O. The van der Waals surface area contributed by atoms with Crippen LogP contribution in [0.25, 0.3) is 11.3 Å². The molecule has 5 heteroatoms. The molecule has 0 saturated heterocycles. The van der Waals surface area contributed by atoms with Gasteiger partial charge in [0.2, 0.25) is 5.75 Å². The molecule has 1 aliphatic rings. The second kappa shape index (κ2) is 4.18. The van der Waals surface area contributed by atoms with Gasteiger partial charge in [-0.15, -0.1) is 0 Å². The van der Waals surface area contributed by atoms with Gasteiger partial charge < -0.3 is 14.5 Å². The van der Waals surface area contributed by atoms with Crippen LogP contribution in [-0.2, 0) is 6.42 Å². The summed E-state index contributed by atoms with van der Waals surface area (Å²) in [7, 11) is 1.46. The van der Waals surface area contributed by atoms with Crippen molar-refractivity contribution in [2.24, 2.45) is 0 Å². The molecule has 0 bridgehead atoms. The Morgan fingerprint density at radius 1 is 1.44 bits per heavy atom. The lowest BCUT2D eigenvalue weighted by Gasteiger charge is -2.09. The van der Waals surface area contributed by atoms with Crippen LogP contribution in [0.15, 0.2) is 29.3 Å². The maximum atomic E-state index is 11.7. The van der Waals surface area contributed by atoms with E-state index in [1.165, 1.54) is 13.4 Å². The van der Waals surface area contributed by atoms with E-state index in [4.69, 9.17) is 9.47 Å².